The minimum Gasteiger partial charge on any atom is -0.496 e. The van der Waals surface area contributed by atoms with Crippen LogP contribution in [0, 0.1) is 0 Å². The first-order valence-corrected chi connectivity index (χ1v) is 7.27. The average molecular weight is 277 g/mol. The lowest BCUT2D eigenvalue weighted by molar-refractivity contribution is 0.0796. The van der Waals surface area contributed by atoms with Gasteiger partial charge in [-0.3, -0.25) is 9.69 Å². The molecule has 0 aromatic heterocycles. The van der Waals surface area contributed by atoms with Crippen LogP contribution in [0.2, 0.25) is 0 Å². The van der Waals surface area contributed by atoms with Crippen LogP contribution in [0.25, 0.3) is 0 Å². The molecule has 0 radical (unpaired) electrons. The number of hydrogen-bond acceptors (Lipinski definition) is 4. The molecule has 4 nitrogen and oxygen atoms in total. The number of carbonyl (C=O) groups is 1. The van der Waals surface area contributed by atoms with E-state index in [-0.39, 0.29) is 12.4 Å². The fourth-order valence-electron chi connectivity index (χ4n) is 2.89. The molecule has 0 amide bonds. The van der Waals surface area contributed by atoms with Gasteiger partial charge in [0.2, 0.25) is 0 Å². The minimum atomic E-state index is 0.0901. The number of nitrogens with zero attached hydrogens (tertiary/aromatic N) is 1. The van der Waals surface area contributed by atoms with Gasteiger partial charge in [0, 0.05) is 12.6 Å². The summed E-state index contributed by atoms with van der Waals surface area (Å²) in [5.41, 5.74) is 0.642. The third kappa shape index (κ3) is 3.58. The number of hydrogen-bond donors (Lipinski definition) is 1. The van der Waals surface area contributed by atoms with E-state index in [9.17, 15) is 4.79 Å². The van der Waals surface area contributed by atoms with Crippen molar-refractivity contribution in [2.75, 3.05) is 26.8 Å². The van der Waals surface area contributed by atoms with Gasteiger partial charge in [0.15, 0.2) is 5.78 Å². The second kappa shape index (κ2) is 7.41. The smallest absolute Gasteiger partial charge is 0.180 e. The Morgan fingerprint density at radius 2 is 2.20 bits per heavy atom. The van der Waals surface area contributed by atoms with Crippen molar-refractivity contribution in [3.63, 3.8) is 0 Å². The second-order valence-electron chi connectivity index (χ2n) is 5.26. The first kappa shape index (κ1) is 15.0. The van der Waals surface area contributed by atoms with Crippen LogP contribution in [0.5, 0.6) is 5.75 Å². The van der Waals surface area contributed by atoms with Gasteiger partial charge in [0.25, 0.3) is 0 Å². The van der Waals surface area contributed by atoms with Gasteiger partial charge in [-0.2, -0.15) is 0 Å². The number of benzene rings is 1. The van der Waals surface area contributed by atoms with E-state index in [0.717, 1.165) is 25.8 Å². The van der Waals surface area contributed by atoms with Crippen molar-refractivity contribution in [1.29, 1.82) is 0 Å². The zero-order valence-electron chi connectivity index (χ0n) is 12.0. The van der Waals surface area contributed by atoms with Crippen LogP contribution in [-0.4, -0.2) is 48.6 Å². The topological polar surface area (TPSA) is 49.8 Å². The lowest BCUT2D eigenvalue weighted by Gasteiger charge is -2.35. The Morgan fingerprint density at radius 3 is 2.95 bits per heavy atom. The standard InChI is InChI=1S/C16H23NO3/c1-20-16-8-3-2-7-14(16)15(19)12-17-10-5-4-6-13(17)9-11-18/h2-3,7-8,13,18H,4-6,9-12H2,1H3. The predicted molar refractivity (Wildman–Crippen MR) is 78.2 cm³/mol. The number of para-hydroxylation sites is 1. The number of rotatable bonds is 6. The van der Waals surface area contributed by atoms with Crippen LogP contribution in [-0.2, 0) is 0 Å². The molecule has 0 bridgehead atoms. The molecule has 1 fully saturated rings. The Labute approximate surface area is 120 Å². The molecular weight excluding hydrogens is 254 g/mol. The summed E-state index contributed by atoms with van der Waals surface area (Å²) in [4.78, 5) is 14.7. The highest BCUT2D eigenvalue weighted by molar-refractivity contribution is 6.00. The summed E-state index contributed by atoms with van der Waals surface area (Å²) in [5.74, 6) is 0.723. The number of methoxy groups -OCH3 is 1. The van der Waals surface area contributed by atoms with Crippen LogP contribution < -0.4 is 4.74 Å². The highest BCUT2D eigenvalue weighted by Crippen LogP contribution is 2.22. The zero-order chi connectivity index (χ0) is 14.4. The summed E-state index contributed by atoms with van der Waals surface area (Å²) < 4.78 is 5.25. The van der Waals surface area contributed by atoms with Gasteiger partial charge in [0.05, 0.1) is 19.2 Å². The van der Waals surface area contributed by atoms with Crippen LogP contribution >= 0.6 is 0 Å². The van der Waals surface area contributed by atoms with E-state index in [0.29, 0.717) is 23.9 Å². The van der Waals surface area contributed by atoms with Crippen LogP contribution in [0.3, 0.4) is 0 Å². The maximum Gasteiger partial charge on any atom is 0.180 e. The summed E-state index contributed by atoms with van der Waals surface area (Å²) in [6, 6.07) is 7.68. The first-order chi connectivity index (χ1) is 9.76. The van der Waals surface area contributed by atoms with Crippen molar-refractivity contribution in [3.05, 3.63) is 29.8 Å². The van der Waals surface area contributed by atoms with Crippen molar-refractivity contribution < 1.29 is 14.6 Å². The van der Waals surface area contributed by atoms with Gasteiger partial charge in [0.1, 0.15) is 5.75 Å². The lowest BCUT2D eigenvalue weighted by atomic mass is 9.98. The van der Waals surface area contributed by atoms with Crippen molar-refractivity contribution >= 4 is 5.78 Å². The SMILES string of the molecule is COc1ccccc1C(=O)CN1CCCCC1CCO. The molecular formula is C16H23NO3. The van der Waals surface area contributed by atoms with Crippen molar-refractivity contribution in [1.82, 2.24) is 4.90 Å². The summed E-state index contributed by atoms with van der Waals surface area (Å²) in [6.45, 7) is 1.53. The zero-order valence-corrected chi connectivity index (χ0v) is 12.0. The van der Waals surface area contributed by atoms with Gasteiger partial charge in [-0.1, -0.05) is 18.6 Å². The van der Waals surface area contributed by atoms with Crippen molar-refractivity contribution in [2.45, 2.75) is 31.7 Å². The molecule has 4 heteroatoms. The molecule has 20 heavy (non-hydrogen) atoms. The van der Waals surface area contributed by atoms with E-state index >= 15 is 0 Å². The molecule has 1 aromatic rings. The maximum atomic E-state index is 12.5. The average Bonchev–Trinajstić information content (AvgIpc) is 2.49. The molecule has 1 atom stereocenters. The third-order valence-electron chi connectivity index (χ3n) is 3.97. The van der Waals surface area contributed by atoms with Crippen LogP contribution in [0.4, 0.5) is 0 Å². The molecule has 1 saturated heterocycles. The molecule has 1 aromatic carbocycles. The monoisotopic (exact) mass is 277 g/mol. The number of likely N-dealkylation sites (tertiary alicyclic amines) is 1. The second-order valence-corrected chi connectivity index (χ2v) is 5.26. The molecule has 110 valence electrons. The maximum absolute atomic E-state index is 12.5. The molecule has 2 rings (SSSR count). The highest BCUT2D eigenvalue weighted by Gasteiger charge is 2.25. The number of Topliss-reactive ketones (excluding diaryl/α,β-unsaturated/α-hetero) is 1. The Balaban J connectivity index is 2.05. The number of aliphatic hydroxyl groups excluding tert-OH is 1. The van der Waals surface area contributed by atoms with Crippen LogP contribution in [0.15, 0.2) is 24.3 Å². The van der Waals surface area contributed by atoms with Crippen molar-refractivity contribution in [2.24, 2.45) is 0 Å². The third-order valence-corrected chi connectivity index (χ3v) is 3.97. The fraction of sp³-hybridized carbons (Fsp3) is 0.562. The summed E-state index contributed by atoms with van der Waals surface area (Å²) >= 11 is 0. The van der Waals surface area contributed by atoms with Gasteiger partial charge in [-0.25, -0.2) is 0 Å². The van der Waals surface area contributed by atoms with E-state index in [1.54, 1.807) is 7.11 Å². The fourth-order valence-corrected chi connectivity index (χ4v) is 2.89. The lowest BCUT2D eigenvalue weighted by Crippen LogP contribution is -2.43. The molecule has 1 heterocycles. The van der Waals surface area contributed by atoms with Gasteiger partial charge < -0.3 is 9.84 Å². The van der Waals surface area contributed by atoms with E-state index in [1.807, 2.05) is 24.3 Å². The van der Waals surface area contributed by atoms with E-state index in [2.05, 4.69) is 4.90 Å². The normalized spacial score (nSPS) is 19.8. The van der Waals surface area contributed by atoms with E-state index in [1.165, 1.54) is 6.42 Å². The predicted octanol–water partition coefficient (Wildman–Crippen LogP) is 2.11. The van der Waals surface area contributed by atoms with Gasteiger partial charge in [-0.05, 0) is 37.9 Å². The van der Waals surface area contributed by atoms with E-state index in [4.69, 9.17) is 9.84 Å². The Hall–Kier alpha value is -1.39. The summed E-state index contributed by atoms with van der Waals surface area (Å²) in [6.07, 6.45) is 4.13. The molecule has 0 spiro atoms. The van der Waals surface area contributed by atoms with Gasteiger partial charge >= 0.3 is 0 Å². The molecule has 0 saturated carbocycles. The van der Waals surface area contributed by atoms with E-state index < -0.39 is 0 Å². The number of ether oxygens (including phenoxy) is 1. The molecule has 0 aliphatic carbocycles. The quantitative estimate of drug-likeness (QED) is 0.809. The molecule has 1 aliphatic heterocycles. The number of piperidine rings is 1. The Morgan fingerprint density at radius 1 is 1.40 bits per heavy atom. The van der Waals surface area contributed by atoms with Crippen molar-refractivity contribution in [3.8, 4) is 5.75 Å². The largest absolute Gasteiger partial charge is 0.496 e. The number of aliphatic hydroxyl groups is 1. The highest BCUT2D eigenvalue weighted by atomic mass is 16.5. The molecule has 1 unspecified atom stereocenters. The van der Waals surface area contributed by atoms with Crippen LogP contribution in [0.1, 0.15) is 36.0 Å². The first-order valence-electron chi connectivity index (χ1n) is 7.27. The molecule has 1 aliphatic rings. The van der Waals surface area contributed by atoms with Gasteiger partial charge in [-0.15, -0.1) is 0 Å². The molecule has 1 N–H and O–H groups in total. The Bertz CT molecular complexity index is 445. The summed E-state index contributed by atoms with van der Waals surface area (Å²) in [5, 5.41) is 9.14. The number of carbonyl (C=O) groups excluding carboxylic acids is 1. The number of ketones is 1. The minimum absolute atomic E-state index is 0.0901. The summed E-state index contributed by atoms with van der Waals surface area (Å²) in [7, 11) is 1.58. The Kier molecular flexibility index (Phi) is 5.56.